The van der Waals surface area contributed by atoms with E-state index in [1.807, 2.05) is 0 Å². The van der Waals surface area contributed by atoms with Crippen LogP contribution in [0.5, 0.6) is 0 Å². The third-order valence-electron chi connectivity index (χ3n) is 15.3. The number of hydrogen-bond donors (Lipinski definition) is 3. The highest BCUT2D eigenvalue weighted by molar-refractivity contribution is 7.47. The van der Waals surface area contributed by atoms with E-state index in [1.165, 1.54) is 135 Å². The molecular weight excluding hydrogens is 1110 g/mol. The molecule has 0 heterocycles. The molecule has 0 bridgehead atoms. The van der Waals surface area contributed by atoms with Crippen molar-refractivity contribution in [3.05, 3.63) is 0 Å². The molecule has 6 atom stereocenters. The van der Waals surface area contributed by atoms with Crippen molar-refractivity contribution in [2.75, 3.05) is 39.6 Å². The summed E-state index contributed by atoms with van der Waals surface area (Å²) in [4.78, 5) is 72.3. The highest BCUT2D eigenvalue weighted by atomic mass is 31.2. The summed E-state index contributed by atoms with van der Waals surface area (Å²) in [7, 11) is -9.89. The Morgan fingerprint density at radius 2 is 0.607 bits per heavy atom. The number of carbonyl (C=O) groups excluding carboxylic acids is 4. The molecule has 19 heteroatoms. The van der Waals surface area contributed by atoms with Crippen LogP contribution in [0.15, 0.2) is 0 Å². The fourth-order valence-corrected chi connectivity index (χ4v) is 11.3. The summed E-state index contributed by atoms with van der Waals surface area (Å²) in [5.41, 5.74) is 0. The van der Waals surface area contributed by atoms with Crippen LogP contribution in [0.3, 0.4) is 0 Å². The van der Waals surface area contributed by atoms with E-state index in [-0.39, 0.29) is 25.7 Å². The van der Waals surface area contributed by atoms with E-state index in [0.717, 1.165) is 108 Å². The van der Waals surface area contributed by atoms with Crippen LogP contribution >= 0.6 is 15.6 Å². The molecule has 17 nitrogen and oxygen atoms in total. The van der Waals surface area contributed by atoms with Crippen molar-refractivity contribution in [2.24, 2.45) is 11.8 Å². The number of esters is 4. The Morgan fingerprint density at radius 3 is 0.905 bits per heavy atom. The number of aliphatic hydroxyl groups excluding tert-OH is 1. The summed E-state index contributed by atoms with van der Waals surface area (Å²) < 4.78 is 68.0. The number of hydrogen-bond acceptors (Lipinski definition) is 15. The SMILES string of the molecule is CCCCCCCCCCCCCC(=O)OC[C@H](COP(=O)(O)OC[C@@H](O)COP(=O)(O)OC[C@@H](COC(=O)CCCCCCCCC(C)CC)OC(=O)CCCCCCCCCCCCC)OC(=O)CCCCCCCCCCCC(C)C. The topological polar surface area (TPSA) is 237 Å². The third-order valence-corrected chi connectivity index (χ3v) is 17.2. The predicted octanol–water partition coefficient (Wildman–Crippen LogP) is 18.0. The molecule has 0 rings (SSSR count). The minimum atomic E-state index is -4.94. The van der Waals surface area contributed by atoms with Crippen molar-refractivity contribution in [1.29, 1.82) is 0 Å². The molecule has 0 saturated heterocycles. The quantitative estimate of drug-likeness (QED) is 0.0222. The van der Waals surface area contributed by atoms with E-state index < -0.39 is 97.5 Å². The van der Waals surface area contributed by atoms with Crippen LogP contribution in [-0.2, 0) is 65.4 Å². The van der Waals surface area contributed by atoms with E-state index in [9.17, 15) is 43.2 Å². The minimum absolute atomic E-state index is 0.105. The van der Waals surface area contributed by atoms with Gasteiger partial charge < -0.3 is 33.8 Å². The Kier molecular flexibility index (Phi) is 56.2. The first kappa shape index (κ1) is 82.1. The van der Waals surface area contributed by atoms with Crippen molar-refractivity contribution in [2.45, 2.75) is 342 Å². The molecule has 3 N–H and O–H groups in total. The number of carbonyl (C=O) groups is 4. The lowest BCUT2D eigenvalue weighted by molar-refractivity contribution is -0.161. The summed E-state index contributed by atoms with van der Waals surface area (Å²) in [5, 5.41) is 10.5. The molecule has 498 valence electrons. The van der Waals surface area contributed by atoms with Crippen molar-refractivity contribution in [3.63, 3.8) is 0 Å². The monoisotopic (exact) mass is 1240 g/mol. The van der Waals surface area contributed by atoms with Crippen LogP contribution < -0.4 is 0 Å². The van der Waals surface area contributed by atoms with Gasteiger partial charge in [-0.25, -0.2) is 9.13 Å². The second-order valence-corrected chi connectivity index (χ2v) is 27.1. The minimum Gasteiger partial charge on any atom is -0.462 e. The zero-order chi connectivity index (χ0) is 62.2. The number of unbranched alkanes of at least 4 members (excludes halogenated alkanes) is 33. The number of phosphoric acid groups is 2. The Morgan fingerprint density at radius 1 is 0.345 bits per heavy atom. The van der Waals surface area contributed by atoms with E-state index in [2.05, 4.69) is 41.5 Å². The number of rotatable bonds is 64. The molecule has 0 spiro atoms. The molecule has 0 aliphatic heterocycles. The van der Waals surface area contributed by atoms with E-state index >= 15 is 0 Å². The van der Waals surface area contributed by atoms with Gasteiger partial charge in [0.25, 0.3) is 0 Å². The van der Waals surface area contributed by atoms with Crippen LogP contribution in [0.4, 0.5) is 0 Å². The van der Waals surface area contributed by atoms with Gasteiger partial charge in [0.1, 0.15) is 19.3 Å². The molecule has 0 saturated carbocycles. The maximum absolute atomic E-state index is 13.0. The molecule has 0 radical (unpaired) electrons. The van der Waals surface area contributed by atoms with Gasteiger partial charge in [-0.15, -0.1) is 0 Å². The van der Waals surface area contributed by atoms with Gasteiger partial charge in [0.15, 0.2) is 12.2 Å². The van der Waals surface area contributed by atoms with Crippen molar-refractivity contribution in [3.8, 4) is 0 Å². The van der Waals surface area contributed by atoms with Gasteiger partial charge in [-0.3, -0.25) is 37.3 Å². The molecule has 0 amide bonds. The lowest BCUT2D eigenvalue weighted by Crippen LogP contribution is -2.30. The zero-order valence-electron chi connectivity index (χ0n) is 54.2. The average molecular weight is 1240 g/mol. The summed E-state index contributed by atoms with van der Waals surface area (Å²) in [5.74, 6) is -0.664. The van der Waals surface area contributed by atoms with Gasteiger partial charge in [0.05, 0.1) is 26.4 Å². The van der Waals surface area contributed by atoms with Gasteiger partial charge >= 0.3 is 39.5 Å². The summed E-state index contributed by atoms with van der Waals surface area (Å²) in [6.45, 7) is 9.44. The predicted molar refractivity (Wildman–Crippen MR) is 335 cm³/mol. The van der Waals surface area contributed by atoms with E-state index in [1.54, 1.807) is 0 Å². The molecule has 0 aliphatic rings. The highest BCUT2D eigenvalue weighted by Gasteiger charge is 2.30. The lowest BCUT2D eigenvalue weighted by atomic mass is 10.00. The van der Waals surface area contributed by atoms with Gasteiger partial charge in [-0.2, -0.15) is 0 Å². The smallest absolute Gasteiger partial charge is 0.462 e. The summed E-state index contributed by atoms with van der Waals surface area (Å²) in [6, 6.07) is 0. The number of ether oxygens (including phenoxy) is 4. The van der Waals surface area contributed by atoms with Crippen LogP contribution in [0, 0.1) is 11.8 Å². The summed E-state index contributed by atoms with van der Waals surface area (Å²) in [6.07, 6.45) is 40.2. The number of phosphoric ester groups is 2. The Hall–Kier alpha value is -1.94. The third kappa shape index (κ3) is 57.8. The van der Waals surface area contributed by atoms with Crippen LogP contribution in [0.25, 0.3) is 0 Å². The van der Waals surface area contributed by atoms with Gasteiger partial charge in [-0.05, 0) is 37.5 Å². The molecule has 0 aromatic carbocycles. The maximum Gasteiger partial charge on any atom is 0.472 e. The molecule has 0 aromatic heterocycles. The standard InChI is InChI=1S/C65H126O17P2/c1-7-10-12-14-16-18-20-24-28-35-41-47-62(67)75-53-60(81-65(70)50-44-38-30-26-22-23-27-33-39-45-57(4)5)55-79-83(71,72)77-51-59(66)52-78-84(73,74)80-56-61(54-76-63(68)48-42-36-32-31-34-40-46-58(6)9-3)82-64(69)49-43-37-29-25-21-19-17-15-13-11-8-2/h57-61,66H,7-56H2,1-6H3,(H,71,72)(H,73,74)/t58?,59-,60-,61-/m1/s1. The zero-order valence-corrected chi connectivity index (χ0v) is 56.0. The maximum atomic E-state index is 13.0. The Bertz CT molecular complexity index is 1650. The molecule has 0 aliphatic carbocycles. The second-order valence-electron chi connectivity index (χ2n) is 24.2. The molecular formula is C65H126O17P2. The first-order valence-corrected chi connectivity index (χ1v) is 37.0. The molecule has 0 aromatic rings. The highest BCUT2D eigenvalue weighted by Crippen LogP contribution is 2.45. The fraction of sp³-hybridized carbons (Fsp3) is 0.938. The Balaban J connectivity index is 5.25. The van der Waals surface area contributed by atoms with Crippen molar-refractivity contribution in [1.82, 2.24) is 0 Å². The van der Waals surface area contributed by atoms with E-state index in [0.29, 0.717) is 25.7 Å². The van der Waals surface area contributed by atoms with Gasteiger partial charge in [0, 0.05) is 25.7 Å². The second kappa shape index (κ2) is 57.5. The first-order chi connectivity index (χ1) is 40.4. The van der Waals surface area contributed by atoms with Crippen LogP contribution in [-0.4, -0.2) is 96.7 Å². The fourth-order valence-electron chi connectivity index (χ4n) is 9.68. The molecule has 0 fully saturated rings. The normalized spacial score (nSPS) is 14.6. The van der Waals surface area contributed by atoms with Crippen LogP contribution in [0.1, 0.15) is 324 Å². The van der Waals surface area contributed by atoms with Gasteiger partial charge in [0.2, 0.25) is 0 Å². The summed E-state index contributed by atoms with van der Waals surface area (Å²) >= 11 is 0. The lowest BCUT2D eigenvalue weighted by Gasteiger charge is -2.21. The molecule has 3 unspecified atom stereocenters. The van der Waals surface area contributed by atoms with Crippen molar-refractivity contribution >= 4 is 39.5 Å². The van der Waals surface area contributed by atoms with Crippen molar-refractivity contribution < 1.29 is 80.2 Å². The first-order valence-electron chi connectivity index (χ1n) is 34.0. The molecule has 84 heavy (non-hydrogen) atoms. The van der Waals surface area contributed by atoms with E-state index in [4.69, 9.17) is 37.0 Å². The number of aliphatic hydroxyl groups is 1. The Labute approximate surface area is 511 Å². The van der Waals surface area contributed by atoms with Crippen LogP contribution in [0.2, 0.25) is 0 Å². The largest absolute Gasteiger partial charge is 0.472 e. The average Bonchev–Trinajstić information content (AvgIpc) is 3.64. The van der Waals surface area contributed by atoms with Gasteiger partial charge in [-0.1, -0.05) is 273 Å².